The van der Waals surface area contributed by atoms with Gasteiger partial charge in [-0.1, -0.05) is 77.6 Å². The van der Waals surface area contributed by atoms with Crippen molar-refractivity contribution in [3.8, 4) is 5.69 Å². The third kappa shape index (κ3) is 6.12. The molecular weight excluding hydrogens is 499 g/mol. The molecule has 1 N–H and O–H groups in total. The average molecular weight is 525 g/mol. The molecule has 0 saturated heterocycles. The first kappa shape index (κ1) is 25.3. The van der Waals surface area contributed by atoms with Crippen LogP contribution in [0.1, 0.15) is 39.6 Å². The molecule has 190 valence electrons. The molecule has 1 amide bonds. The number of rotatable bonds is 10. The topological polar surface area (TPSA) is 85.6 Å². The van der Waals surface area contributed by atoms with Crippen LogP contribution in [0, 0.1) is 5.82 Å². The lowest BCUT2D eigenvalue weighted by molar-refractivity contribution is 0.0947. The highest BCUT2D eigenvalue weighted by atomic mass is 32.2. The highest BCUT2D eigenvalue weighted by Gasteiger charge is 2.22. The normalized spacial score (nSPS) is 11.0. The van der Waals surface area contributed by atoms with Gasteiger partial charge in [0.15, 0.2) is 10.9 Å². The van der Waals surface area contributed by atoms with Gasteiger partial charge in [-0.05, 0) is 47.9 Å². The maximum atomic E-state index is 13.5. The van der Waals surface area contributed by atoms with E-state index >= 15 is 0 Å². The molecular formula is C29H25FN6OS. The van der Waals surface area contributed by atoms with Gasteiger partial charge in [0.05, 0.1) is 11.4 Å². The largest absolute Gasteiger partial charge is 0.351 e. The van der Waals surface area contributed by atoms with Gasteiger partial charge in [-0.3, -0.25) is 4.79 Å². The van der Waals surface area contributed by atoms with Gasteiger partial charge in [-0.15, -0.1) is 5.10 Å². The van der Waals surface area contributed by atoms with Crippen molar-refractivity contribution in [3.05, 3.63) is 132 Å². The van der Waals surface area contributed by atoms with Crippen LogP contribution in [0.3, 0.4) is 0 Å². The quantitative estimate of drug-likeness (QED) is 0.193. The molecule has 3 aromatic carbocycles. The van der Waals surface area contributed by atoms with E-state index in [0.29, 0.717) is 35.3 Å². The molecule has 7 nitrogen and oxygen atoms in total. The maximum absolute atomic E-state index is 13.5. The monoisotopic (exact) mass is 524 g/mol. The van der Waals surface area contributed by atoms with Gasteiger partial charge in [-0.2, -0.15) is 0 Å². The Morgan fingerprint density at radius 2 is 1.50 bits per heavy atom. The summed E-state index contributed by atoms with van der Waals surface area (Å²) in [4.78, 5) is 21.8. The number of nitrogens with one attached hydrogen (secondary N) is 1. The van der Waals surface area contributed by atoms with Gasteiger partial charge >= 0.3 is 0 Å². The van der Waals surface area contributed by atoms with Crippen molar-refractivity contribution >= 4 is 17.7 Å². The van der Waals surface area contributed by atoms with Crippen LogP contribution in [0.2, 0.25) is 0 Å². The van der Waals surface area contributed by atoms with Gasteiger partial charge in [0.2, 0.25) is 0 Å². The fourth-order valence-corrected chi connectivity index (χ4v) is 5.00. The van der Waals surface area contributed by atoms with Gasteiger partial charge in [0.25, 0.3) is 5.91 Å². The first-order valence-corrected chi connectivity index (χ1v) is 13.2. The fraction of sp³-hybridized carbons (Fsp3) is 0.138. The van der Waals surface area contributed by atoms with Crippen LogP contribution in [-0.4, -0.2) is 37.4 Å². The van der Waals surface area contributed by atoms with E-state index in [4.69, 9.17) is 0 Å². The number of amides is 1. The van der Waals surface area contributed by atoms with Crippen LogP contribution in [0.15, 0.2) is 109 Å². The lowest BCUT2D eigenvalue weighted by Crippen LogP contribution is -2.27. The van der Waals surface area contributed by atoms with Crippen molar-refractivity contribution in [1.82, 2.24) is 30.3 Å². The Morgan fingerprint density at radius 3 is 2.13 bits per heavy atom. The minimum absolute atomic E-state index is 0.137. The lowest BCUT2D eigenvalue weighted by atomic mass is 9.88. The summed E-state index contributed by atoms with van der Waals surface area (Å²) >= 11 is 1.37. The zero-order valence-corrected chi connectivity index (χ0v) is 21.3. The molecule has 0 radical (unpaired) electrons. The van der Waals surface area contributed by atoms with Crippen molar-refractivity contribution in [2.75, 3.05) is 6.54 Å². The number of hydrogen-bond acceptors (Lipinski definition) is 6. The molecule has 9 heteroatoms. The third-order valence-electron chi connectivity index (χ3n) is 6.05. The summed E-state index contributed by atoms with van der Waals surface area (Å²) < 4.78 is 15.1. The summed E-state index contributed by atoms with van der Waals surface area (Å²) in [7, 11) is 0. The molecule has 38 heavy (non-hydrogen) atoms. The predicted molar refractivity (Wildman–Crippen MR) is 145 cm³/mol. The first-order valence-electron chi connectivity index (χ1n) is 12.2. The molecule has 0 bridgehead atoms. The van der Waals surface area contributed by atoms with Crippen molar-refractivity contribution in [2.24, 2.45) is 0 Å². The highest BCUT2D eigenvalue weighted by Crippen LogP contribution is 2.28. The molecule has 0 saturated carbocycles. The van der Waals surface area contributed by atoms with E-state index in [1.165, 1.54) is 35.0 Å². The molecule has 0 unspecified atom stereocenters. The molecule has 0 atom stereocenters. The van der Waals surface area contributed by atoms with E-state index in [2.05, 4.69) is 49.9 Å². The van der Waals surface area contributed by atoms with E-state index in [1.807, 2.05) is 36.4 Å². The standard InChI is InChI=1S/C29H25FN6OS/c30-23-12-14-24(15-13-23)36-26(20-38-29-32-17-7-18-33-29)27(34-35-36)28(37)31-19-16-25(21-8-3-1-4-9-21)22-10-5-2-6-11-22/h1-15,17-18,25H,16,19-20H2,(H,31,37). The van der Waals surface area contributed by atoms with E-state index in [-0.39, 0.29) is 23.3 Å². The van der Waals surface area contributed by atoms with E-state index in [9.17, 15) is 9.18 Å². The second-order valence-electron chi connectivity index (χ2n) is 8.51. The molecule has 2 heterocycles. The van der Waals surface area contributed by atoms with Crippen molar-refractivity contribution < 1.29 is 9.18 Å². The van der Waals surface area contributed by atoms with Crippen LogP contribution in [0.25, 0.3) is 5.69 Å². The first-order chi connectivity index (χ1) is 18.7. The zero-order chi connectivity index (χ0) is 26.2. The minimum atomic E-state index is -0.355. The minimum Gasteiger partial charge on any atom is -0.351 e. The summed E-state index contributed by atoms with van der Waals surface area (Å²) in [6.45, 7) is 0.449. The van der Waals surface area contributed by atoms with Crippen LogP contribution < -0.4 is 5.32 Å². The van der Waals surface area contributed by atoms with Crippen molar-refractivity contribution in [1.29, 1.82) is 0 Å². The smallest absolute Gasteiger partial charge is 0.273 e. The fourth-order valence-electron chi connectivity index (χ4n) is 4.20. The Bertz CT molecular complexity index is 1420. The molecule has 0 aliphatic heterocycles. The Kier molecular flexibility index (Phi) is 8.15. The Balaban J connectivity index is 1.34. The Labute approximate surface area is 224 Å². The molecule has 0 aliphatic carbocycles. The van der Waals surface area contributed by atoms with E-state index in [1.54, 1.807) is 35.3 Å². The molecule has 0 aliphatic rings. The number of nitrogens with zero attached hydrogens (tertiary/aromatic N) is 5. The summed E-state index contributed by atoms with van der Waals surface area (Å²) in [5.41, 5.74) is 3.78. The number of carbonyl (C=O) groups excluding carboxylic acids is 1. The number of halogens is 1. The SMILES string of the molecule is O=C(NCCC(c1ccccc1)c1ccccc1)c1nnn(-c2ccc(F)cc2)c1CSc1ncccn1. The number of carbonyl (C=O) groups is 1. The van der Waals surface area contributed by atoms with Crippen molar-refractivity contribution in [3.63, 3.8) is 0 Å². The van der Waals surface area contributed by atoms with Gasteiger partial charge in [0.1, 0.15) is 5.82 Å². The van der Waals surface area contributed by atoms with Crippen LogP contribution in [0.4, 0.5) is 4.39 Å². The second-order valence-corrected chi connectivity index (χ2v) is 9.45. The third-order valence-corrected chi connectivity index (χ3v) is 6.94. The van der Waals surface area contributed by atoms with E-state index in [0.717, 1.165) is 0 Å². The number of thioether (sulfide) groups is 1. The van der Waals surface area contributed by atoms with Crippen LogP contribution in [0.5, 0.6) is 0 Å². The van der Waals surface area contributed by atoms with Crippen molar-refractivity contribution in [2.45, 2.75) is 23.2 Å². The maximum Gasteiger partial charge on any atom is 0.273 e. The van der Waals surface area contributed by atoms with Crippen LogP contribution in [-0.2, 0) is 5.75 Å². The summed E-state index contributed by atoms with van der Waals surface area (Å²) in [6.07, 6.45) is 4.04. The molecule has 2 aromatic heterocycles. The summed E-state index contributed by atoms with van der Waals surface area (Å²) in [6, 6.07) is 28.2. The highest BCUT2D eigenvalue weighted by molar-refractivity contribution is 7.98. The lowest BCUT2D eigenvalue weighted by Gasteiger charge is -2.18. The number of benzene rings is 3. The van der Waals surface area contributed by atoms with Crippen LogP contribution >= 0.6 is 11.8 Å². The predicted octanol–water partition coefficient (Wildman–Crippen LogP) is 5.44. The number of aromatic nitrogens is 5. The second kappa shape index (κ2) is 12.2. The Morgan fingerprint density at radius 1 is 0.868 bits per heavy atom. The zero-order valence-electron chi connectivity index (χ0n) is 20.4. The van der Waals surface area contributed by atoms with E-state index < -0.39 is 0 Å². The van der Waals surface area contributed by atoms with Gasteiger partial charge in [-0.25, -0.2) is 19.0 Å². The Hall–Kier alpha value is -4.37. The van der Waals surface area contributed by atoms with Gasteiger partial charge in [0, 0.05) is 30.6 Å². The molecule has 0 fully saturated rings. The summed E-state index contributed by atoms with van der Waals surface area (Å²) in [5.74, 6) is -0.180. The summed E-state index contributed by atoms with van der Waals surface area (Å²) in [5, 5.41) is 12.0. The molecule has 0 spiro atoms. The molecule has 5 aromatic rings. The number of hydrogen-bond donors (Lipinski definition) is 1. The van der Waals surface area contributed by atoms with Gasteiger partial charge < -0.3 is 5.32 Å². The molecule has 5 rings (SSSR count). The average Bonchev–Trinajstić information content (AvgIpc) is 3.40.